The molecular formula is C21H28Cl3N3O. The van der Waals surface area contributed by atoms with Gasteiger partial charge in [0.05, 0.1) is 11.7 Å². The topological polar surface area (TPSA) is 54.0 Å². The predicted octanol–water partition coefficient (Wildman–Crippen LogP) is 4.81. The van der Waals surface area contributed by atoms with Crippen molar-refractivity contribution in [2.24, 2.45) is 11.8 Å². The van der Waals surface area contributed by atoms with Crippen LogP contribution in [0.25, 0.3) is 0 Å². The van der Waals surface area contributed by atoms with Crippen LogP contribution in [0.5, 0.6) is 0 Å². The Morgan fingerprint density at radius 2 is 2.11 bits per heavy atom. The second kappa shape index (κ2) is 12.3. The molecule has 154 valence electrons. The van der Waals surface area contributed by atoms with Crippen LogP contribution in [-0.4, -0.2) is 24.0 Å². The molecule has 3 atom stereocenters. The molecule has 2 N–H and O–H groups in total. The number of carbonyl (C=O) groups is 1. The van der Waals surface area contributed by atoms with Crippen LogP contribution in [0.2, 0.25) is 5.02 Å². The number of nitrogens with one attached hydrogen (secondary N) is 2. The highest BCUT2D eigenvalue weighted by Crippen LogP contribution is 2.25. The zero-order valence-corrected chi connectivity index (χ0v) is 18.3. The first-order chi connectivity index (χ1) is 12.6. The summed E-state index contributed by atoms with van der Waals surface area (Å²) < 4.78 is 0. The fourth-order valence-electron chi connectivity index (χ4n) is 3.60. The summed E-state index contributed by atoms with van der Waals surface area (Å²) in [6.07, 6.45) is 4.65. The van der Waals surface area contributed by atoms with Crippen LogP contribution in [0.15, 0.2) is 48.7 Å². The Bertz CT molecular complexity index is 724. The summed E-state index contributed by atoms with van der Waals surface area (Å²) in [7, 11) is 0. The monoisotopic (exact) mass is 443 g/mol. The molecule has 1 amide bonds. The van der Waals surface area contributed by atoms with E-state index < -0.39 is 0 Å². The molecule has 2 aromatic rings. The fourth-order valence-corrected chi connectivity index (χ4v) is 3.80. The summed E-state index contributed by atoms with van der Waals surface area (Å²) in [5, 5.41) is 7.25. The van der Waals surface area contributed by atoms with Crippen LogP contribution in [-0.2, 0) is 4.79 Å². The molecule has 3 rings (SSSR count). The molecule has 1 aliphatic heterocycles. The smallest absolute Gasteiger partial charge is 0.221 e. The molecule has 2 heterocycles. The minimum absolute atomic E-state index is 0. The summed E-state index contributed by atoms with van der Waals surface area (Å²) in [5.74, 6) is 0.971. The Labute approximate surface area is 184 Å². The minimum Gasteiger partial charge on any atom is -0.344 e. The number of carbonyl (C=O) groups excluding carboxylic acids is 1. The predicted molar refractivity (Wildman–Crippen MR) is 120 cm³/mol. The van der Waals surface area contributed by atoms with Crippen LogP contribution in [0, 0.1) is 11.8 Å². The number of aromatic nitrogens is 1. The molecule has 1 aromatic heterocycles. The van der Waals surface area contributed by atoms with Crippen LogP contribution in [0.1, 0.15) is 43.5 Å². The van der Waals surface area contributed by atoms with Gasteiger partial charge in [0.15, 0.2) is 0 Å². The Hall–Kier alpha value is -1.33. The Balaban J connectivity index is 0.00000196. The standard InChI is InChI=1S/C21H26ClN3O.2ClH/c1-15(17-7-5-10-23-14-17)12-20(26)25-21(19-9-2-3-11-24-19)16-6-4-8-18(22)13-16;;/h2-4,6,8-9,11,13,15,17,21,23H,5,7,10,12,14H2,1H3,(H,25,26);2*1H. The van der Waals surface area contributed by atoms with E-state index in [4.69, 9.17) is 11.6 Å². The third-order valence-electron chi connectivity index (χ3n) is 5.12. The van der Waals surface area contributed by atoms with Crippen molar-refractivity contribution in [2.75, 3.05) is 13.1 Å². The lowest BCUT2D eigenvalue weighted by molar-refractivity contribution is -0.122. The average Bonchev–Trinajstić information content (AvgIpc) is 2.67. The van der Waals surface area contributed by atoms with Crippen molar-refractivity contribution in [3.63, 3.8) is 0 Å². The van der Waals surface area contributed by atoms with Crippen molar-refractivity contribution < 1.29 is 4.79 Å². The van der Waals surface area contributed by atoms with E-state index in [-0.39, 0.29) is 36.8 Å². The molecule has 0 bridgehead atoms. The van der Waals surface area contributed by atoms with Crippen molar-refractivity contribution in [1.82, 2.24) is 15.6 Å². The van der Waals surface area contributed by atoms with Gasteiger partial charge in [-0.25, -0.2) is 0 Å². The largest absolute Gasteiger partial charge is 0.344 e. The van der Waals surface area contributed by atoms with E-state index in [0.717, 1.165) is 24.3 Å². The number of rotatable bonds is 6. The molecule has 7 heteroatoms. The van der Waals surface area contributed by atoms with E-state index in [0.29, 0.717) is 23.3 Å². The first kappa shape index (κ1) is 24.7. The Kier molecular flexibility index (Phi) is 10.8. The van der Waals surface area contributed by atoms with Crippen molar-refractivity contribution in [2.45, 2.75) is 32.2 Å². The molecule has 1 fully saturated rings. The third kappa shape index (κ3) is 6.93. The molecule has 0 saturated carbocycles. The van der Waals surface area contributed by atoms with Crippen LogP contribution < -0.4 is 10.6 Å². The molecule has 1 aromatic carbocycles. The van der Waals surface area contributed by atoms with Crippen molar-refractivity contribution in [3.8, 4) is 0 Å². The Morgan fingerprint density at radius 1 is 1.29 bits per heavy atom. The SMILES string of the molecule is CC(CC(=O)NC(c1cccc(Cl)c1)c1ccccn1)C1CCCNC1.Cl.Cl. The van der Waals surface area contributed by atoms with Gasteiger partial charge in [0, 0.05) is 17.6 Å². The van der Waals surface area contributed by atoms with Crippen LogP contribution in [0.3, 0.4) is 0 Å². The van der Waals surface area contributed by atoms with E-state index in [1.807, 2.05) is 42.5 Å². The van der Waals surface area contributed by atoms with E-state index in [2.05, 4.69) is 22.5 Å². The summed E-state index contributed by atoms with van der Waals surface area (Å²) in [5.41, 5.74) is 1.76. The molecule has 4 nitrogen and oxygen atoms in total. The number of piperidine rings is 1. The van der Waals surface area contributed by atoms with Crippen molar-refractivity contribution >= 4 is 42.3 Å². The van der Waals surface area contributed by atoms with Gasteiger partial charge in [-0.15, -0.1) is 24.8 Å². The minimum atomic E-state index is -0.293. The lowest BCUT2D eigenvalue weighted by Crippen LogP contribution is -2.36. The highest BCUT2D eigenvalue weighted by molar-refractivity contribution is 6.30. The van der Waals surface area contributed by atoms with E-state index >= 15 is 0 Å². The normalized spacial score (nSPS) is 18.1. The number of nitrogens with zero attached hydrogens (tertiary/aromatic N) is 1. The van der Waals surface area contributed by atoms with Gasteiger partial charge < -0.3 is 10.6 Å². The first-order valence-electron chi connectivity index (χ1n) is 9.30. The summed E-state index contributed by atoms with van der Waals surface area (Å²) in [6.45, 7) is 4.27. The highest BCUT2D eigenvalue weighted by atomic mass is 35.5. The van der Waals surface area contributed by atoms with Gasteiger partial charge in [-0.05, 0) is 67.6 Å². The Morgan fingerprint density at radius 3 is 2.75 bits per heavy atom. The maximum Gasteiger partial charge on any atom is 0.221 e. The summed E-state index contributed by atoms with van der Waals surface area (Å²) in [6, 6.07) is 13.0. The molecule has 1 aliphatic rings. The second-order valence-corrected chi connectivity index (χ2v) is 7.53. The molecule has 0 spiro atoms. The van der Waals surface area contributed by atoms with E-state index in [9.17, 15) is 4.79 Å². The second-order valence-electron chi connectivity index (χ2n) is 7.10. The lowest BCUT2D eigenvalue weighted by Gasteiger charge is -2.28. The maximum atomic E-state index is 12.7. The van der Waals surface area contributed by atoms with Gasteiger partial charge in [-0.3, -0.25) is 9.78 Å². The van der Waals surface area contributed by atoms with E-state index in [1.54, 1.807) is 6.20 Å². The van der Waals surface area contributed by atoms with Gasteiger partial charge in [-0.1, -0.05) is 36.7 Å². The van der Waals surface area contributed by atoms with Gasteiger partial charge in [0.2, 0.25) is 5.91 Å². The first-order valence-corrected chi connectivity index (χ1v) is 9.68. The molecule has 0 radical (unpaired) electrons. The molecule has 0 aliphatic carbocycles. The van der Waals surface area contributed by atoms with E-state index in [1.165, 1.54) is 12.8 Å². The van der Waals surface area contributed by atoms with Crippen molar-refractivity contribution in [3.05, 3.63) is 64.9 Å². The highest BCUT2D eigenvalue weighted by Gasteiger charge is 2.24. The summed E-state index contributed by atoms with van der Waals surface area (Å²) in [4.78, 5) is 17.2. The zero-order chi connectivity index (χ0) is 18.4. The van der Waals surface area contributed by atoms with Gasteiger partial charge in [-0.2, -0.15) is 0 Å². The van der Waals surface area contributed by atoms with Crippen LogP contribution in [0.4, 0.5) is 0 Å². The van der Waals surface area contributed by atoms with Crippen molar-refractivity contribution in [1.29, 1.82) is 0 Å². The maximum absolute atomic E-state index is 12.7. The van der Waals surface area contributed by atoms with Crippen LogP contribution >= 0.6 is 36.4 Å². The number of hydrogen-bond donors (Lipinski definition) is 2. The number of halogens is 3. The fraction of sp³-hybridized carbons (Fsp3) is 0.429. The third-order valence-corrected chi connectivity index (χ3v) is 5.35. The number of hydrogen-bond acceptors (Lipinski definition) is 3. The quantitative estimate of drug-likeness (QED) is 0.672. The van der Waals surface area contributed by atoms with Gasteiger partial charge in [0.25, 0.3) is 0 Å². The lowest BCUT2D eigenvalue weighted by atomic mass is 9.85. The molecular weight excluding hydrogens is 417 g/mol. The average molecular weight is 445 g/mol. The number of pyridine rings is 1. The molecule has 3 unspecified atom stereocenters. The number of amides is 1. The van der Waals surface area contributed by atoms with Gasteiger partial charge in [0.1, 0.15) is 0 Å². The van der Waals surface area contributed by atoms with Gasteiger partial charge >= 0.3 is 0 Å². The molecule has 28 heavy (non-hydrogen) atoms. The zero-order valence-electron chi connectivity index (χ0n) is 15.9. The summed E-state index contributed by atoms with van der Waals surface area (Å²) >= 11 is 6.16. The number of benzene rings is 1. The molecule has 1 saturated heterocycles.